The SMILES string of the molecule is CCC(=O)Nc1ccc(Sc2nc(N=C(N)C=C(C)N)cc(N3CC[C@H](NC)C3)n2)cc1.CCC(=O)Nc1ccc(Sc2nc(N=C(N)C=C(N)C3CC3)cc(N3CCC(F)C3)n2)cc1.CCC(=O)Nc1ccc(Sc2nc(Nc3cc(C)[nH]n3)cc(N3CCC(C)(O)CC3)n2)cc1.[HH].[HH].[HH].[HH].[HH].[HH].[HH].[HH].[HH].[HH].[HH].[HH].[HH]. The van der Waals surface area contributed by atoms with Gasteiger partial charge in [-0.3, -0.25) is 19.5 Å². The lowest BCUT2D eigenvalue weighted by Gasteiger charge is -2.36. The Morgan fingerprint density at radius 3 is 1.48 bits per heavy atom. The van der Waals surface area contributed by atoms with Crippen LogP contribution in [0.5, 0.6) is 0 Å². The van der Waals surface area contributed by atoms with Crippen LogP contribution in [-0.2, 0) is 14.4 Å². The van der Waals surface area contributed by atoms with E-state index in [0.29, 0.717) is 114 Å². The van der Waals surface area contributed by atoms with Crippen molar-refractivity contribution >= 4 is 122 Å². The summed E-state index contributed by atoms with van der Waals surface area (Å²) in [6.07, 6.45) is 8.75. The second-order valence-corrected chi connectivity index (χ2v) is 27.3. The molecule has 2 atom stereocenters. The Bertz CT molecular complexity index is 4040. The molecule has 1 unspecified atom stereocenters. The van der Waals surface area contributed by atoms with E-state index >= 15 is 0 Å². The molecule has 4 aliphatic rings. The van der Waals surface area contributed by atoms with Gasteiger partial charge in [-0.05, 0) is 192 Å². The summed E-state index contributed by atoms with van der Waals surface area (Å²) in [7, 11) is 1.97. The number of halogens is 1. The van der Waals surface area contributed by atoms with Crippen molar-refractivity contribution in [1.29, 1.82) is 0 Å². The first-order valence-electron chi connectivity index (χ1n) is 32.6. The predicted molar refractivity (Wildman–Crippen MR) is 418 cm³/mol. The van der Waals surface area contributed by atoms with E-state index in [1.54, 1.807) is 32.1 Å². The largest absolute Gasteiger partial charge is 0.402 e. The molecule has 1 aliphatic carbocycles. The Hall–Kier alpha value is -9.36. The first kappa shape index (κ1) is 72.9. The van der Waals surface area contributed by atoms with Crippen LogP contribution in [0.1, 0.15) is 117 Å². The highest BCUT2D eigenvalue weighted by atomic mass is 32.2. The number of rotatable bonds is 23. The van der Waals surface area contributed by atoms with Gasteiger partial charge in [-0.1, -0.05) is 20.8 Å². The van der Waals surface area contributed by atoms with Crippen molar-refractivity contribution < 1.29 is 42.4 Å². The van der Waals surface area contributed by atoms with Crippen molar-refractivity contribution in [2.45, 2.75) is 147 Å². The van der Waals surface area contributed by atoms with Gasteiger partial charge in [-0.2, -0.15) is 5.10 Å². The number of aryl methyl sites for hydroxylation is 1. The number of carbonyl (C=O) groups is 3. The molecule has 3 saturated heterocycles. The average Bonchev–Trinajstić information content (AvgIpc) is 1.21. The van der Waals surface area contributed by atoms with Crippen LogP contribution < -0.4 is 64.2 Å². The van der Waals surface area contributed by atoms with Crippen molar-refractivity contribution in [3.8, 4) is 0 Å². The number of amides is 3. The maximum absolute atomic E-state index is 13.8. The number of carbonyl (C=O) groups excluding carboxylic acids is 3. The van der Waals surface area contributed by atoms with Crippen LogP contribution in [0.3, 0.4) is 0 Å². The number of benzene rings is 3. The molecular formula is C68H113FN22O4S3. The fraction of sp³-hybridized carbons (Fsp3) is 0.382. The van der Waals surface area contributed by atoms with Crippen molar-refractivity contribution in [2.24, 2.45) is 38.8 Å². The molecule has 26 nitrogen and oxygen atoms in total. The van der Waals surface area contributed by atoms with Gasteiger partial charge in [-0.25, -0.2) is 44.3 Å². The molecule has 0 radical (unpaired) electrons. The number of likely N-dealkylation sites (N-methyl/N-ethyl adjacent to an activating group) is 1. The number of piperidine rings is 1. The number of nitrogens with two attached hydrogens (primary N) is 4. The van der Waals surface area contributed by atoms with E-state index in [1.165, 1.54) is 35.3 Å². The summed E-state index contributed by atoms with van der Waals surface area (Å²) >= 11 is 4.24. The molecule has 4 fully saturated rings. The van der Waals surface area contributed by atoms with Crippen LogP contribution in [0.4, 0.5) is 62.2 Å². The molecule has 0 bridgehead atoms. The van der Waals surface area contributed by atoms with Crippen molar-refractivity contribution in [1.82, 2.24) is 45.4 Å². The fourth-order valence-electron chi connectivity index (χ4n) is 10.1. The number of aliphatic imine (C=N–C) groups is 2. The summed E-state index contributed by atoms with van der Waals surface area (Å²) in [5, 5.41) is 34.2. The third kappa shape index (κ3) is 22.9. The van der Waals surface area contributed by atoms with E-state index in [4.69, 9.17) is 32.9 Å². The quantitative estimate of drug-likeness (QED) is 0.0161. The number of anilines is 8. The van der Waals surface area contributed by atoms with Crippen LogP contribution in [0.15, 0.2) is 161 Å². The average molecular weight is 1420 g/mol. The molecule has 3 aliphatic heterocycles. The van der Waals surface area contributed by atoms with Crippen LogP contribution in [-0.4, -0.2) is 139 Å². The first-order valence-corrected chi connectivity index (χ1v) is 35.1. The predicted octanol–water partition coefficient (Wildman–Crippen LogP) is 13.7. The Morgan fingerprint density at radius 1 is 0.622 bits per heavy atom. The Kier molecular flexibility index (Phi) is 25.8. The van der Waals surface area contributed by atoms with E-state index in [0.717, 1.165) is 100 Å². The van der Waals surface area contributed by atoms with Crippen molar-refractivity contribution in [3.05, 3.63) is 126 Å². The summed E-state index contributed by atoms with van der Waals surface area (Å²) in [6.45, 7) is 15.1. The lowest BCUT2D eigenvalue weighted by atomic mass is 9.94. The molecule has 98 heavy (non-hydrogen) atoms. The number of hydrogen-bond acceptors (Lipinski definition) is 23. The number of nitrogens with zero attached hydrogens (tertiary/aromatic N) is 12. The molecule has 7 heterocycles. The second-order valence-electron chi connectivity index (χ2n) is 24.2. The zero-order valence-corrected chi connectivity index (χ0v) is 58.6. The number of hydrogen-bond donors (Lipinski definition) is 11. The van der Waals surface area contributed by atoms with Gasteiger partial charge in [0.25, 0.3) is 0 Å². The van der Waals surface area contributed by atoms with Gasteiger partial charge in [0.05, 0.1) is 12.1 Å². The molecular weight excluding hydrogens is 1300 g/mol. The molecule has 1 saturated carbocycles. The summed E-state index contributed by atoms with van der Waals surface area (Å²) in [4.78, 5) is 80.7. The lowest BCUT2D eigenvalue weighted by Crippen LogP contribution is -2.42. The summed E-state index contributed by atoms with van der Waals surface area (Å²) in [5.41, 5.74) is 27.7. The summed E-state index contributed by atoms with van der Waals surface area (Å²) in [5.74, 6) is 5.33. The van der Waals surface area contributed by atoms with E-state index in [1.807, 2.05) is 131 Å². The molecule has 0 spiro atoms. The van der Waals surface area contributed by atoms with Crippen molar-refractivity contribution in [2.75, 3.05) is 82.3 Å². The Morgan fingerprint density at radius 2 is 1.07 bits per heavy atom. The number of aliphatic hydroxyl groups is 1. The molecule has 3 aromatic carbocycles. The Balaban J connectivity index is -0.000000478. The van der Waals surface area contributed by atoms with Gasteiger partial charge >= 0.3 is 0 Å². The molecule has 30 heteroatoms. The monoisotopic (exact) mass is 1420 g/mol. The molecule has 3 amide bonds. The standard InChI is InChI=1S/C23H28FN7OS.C23H29N7O2S.C22H30N8OS.13H2/c1-2-22(32)27-16-5-7-17(8-6-16)33-23-29-20(28-19(26)11-18(25)14-3-4-14)12-21(30-23)31-10-9-15(24)13-31;1-4-21(31)24-16-5-7-17(8-6-16)33-22-26-18(25-19-13-15(2)28-29-19)14-20(27-22)30-11-9-23(3,32)10-12-30;1-4-21(31)26-15-5-7-17(8-6-15)32-22-28-19(27-18(24)11-14(2)23)12-20(29-22)30-10-9-16(13-30)25-3;;;;;;;;;;;;;/h5-8,11-12,14-15H,2-4,9-10,13,25H2,1H3,(H,27,32)(H2,26,28,29,30);5-8,13-14,32H,4,9-12H2,1-3H3,(H,24,31)(H2,25,26,27,28,29);5-8,11-12,16,25H,4,9-10,13,23H2,1-3H3,(H,26,31)(H2,24,27,28,29);13*1H/t;;16-;;;;;;;;;;;;;/m..0............./s1. The van der Waals surface area contributed by atoms with Crippen molar-refractivity contribution in [3.63, 3.8) is 0 Å². The minimum atomic E-state index is -0.875. The van der Waals surface area contributed by atoms with E-state index in [2.05, 4.69) is 76.5 Å². The van der Waals surface area contributed by atoms with E-state index in [9.17, 15) is 23.9 Å². The fourth-order valence-corrected chi connectivity index (χ4v) is 12.4. The number of aromatic amines is 1. The van der Waals surface area contributed by atoms with Crippen LogP contribution in [0, 0.1) is 12.8 Å². The molecule has 7 aromatic rings. The van der Waals surface area contributed by atoms with Gasteiger partial charge in [0.15, 0.2) is 32.9 Å². The third-order valence-electron chi connectivity index (χ3n) is 15.8. The van der Waals surface area contributed by atoms with Gasteiger partial charge in [0.2, 0.25) is 17.7 Å². The second kappa shape index (κ2) is 34.7. The number of allylic oxidation sites excluding steroid dienone is 2. The highest BCUT2D eigenvalue weighted by Crippen LogP contribution is 2.37. The van der Waals surface area contributed by atoms with Crippen LogP contribution in [0.2, 0.25) is 0 Å². The number of H-pyrrole nitrogens is 1. The number of alkyl halides is 1. The topological polar surface area (TPSA) is 376 Å². The zero-order chi connectivity index (χ0) is 69.9. The first-order chi connectivity index (χ1) is 47.0. The maximum atomic E-state index is 13.8. The maximum Gasteiger partial charge on any atom is 0.224 e. The van der Waals surface area contributed by atoms with Gasteiger partial charge in [0.1, 0.15) is 41.1 Å². The highest BCUT2D eigenvalue weighted by Gasteiger charge is 2.30. The van der Waals surface area contributed by atoms with E-state index < -0.39 is 11.8 Å². The van der Waals surface area contributed by atoms with Crippen LogP contribution >= 0.6 is 35.3 Å². The van der Waals surface area contributed by atoms with Gasteiger partial charge < -0.3 is 69.3 Å². The molecule has 15 N–H and O–H groups in total. The molecule has 4 aromatic heterocycles. The summed E-state index contributed by atoms with van der Waals surface area (Å²) in [6, 6.07) is 30.5. The minimum absolute atomic E-state index is 0. The van der Waals surface area contributed by atoms with Crippen LogP contribution in [0.25, 0.3) is 0 Å². The molecule has 544 valence electrons. The number of aromatic nitrogens is 8. The smallest absolute Gasteiger partial charge is 0.224 e. The Labute approximate surface area is 602 Å². The lowest BCUT2D eigenvalue weighted by molar-refractivity contribution is -0.116. The normalized spacial score (nSPS) is 17.1. The highest BCUT2D eigenvalue weighted by molar-refractivity contribution is 7.99. The van der Waals surface area contributed by atoms with Gasteiger partial charge in [-0.15, -0.1) is 0 Å². The zero-order valence-electron chi connectivity index (χ0n) is 56.2. The number of nitrogens with one attached hydrogen (secondary N) is 6. The third-order valence-corrected chi connectivity index (χ3v) is 18.4. The number of amidine groups is 2. The van der Waals surface area contributed by atoms with Gasteiger partial charge in [0, 0.05) is 150 Å². The minimum Gasteiger partial charge on any atom is -0.402 e. The summed E-state index contributed by atoms with van der Waals surface area (Å²) < 4.78 is 13.8. The van der Waals surface area contributed by atoms with E-state index in [-0.39, 0.29) is 47.9 Å². The molecule has 11 rings (SSSR count).